The van der Waals surface area contributed by atoms with Gasteiger partial charge in [0, 0.05) is 103 Å². The molecule has 7 rings (SSSR count). The molecule has 310 valence electrons. The maximum Gasteiger partial charge on any atom is 0.269 e. The summed E-state index contributed by atoms with van der Waals surface area (Å²) < 4.78 is 1.48. The number of fused-ring (bicyclic) bond motifs is 3. The van der Waals surface area contributed by atoms with E-state index in [1.807, 2.05) is 6.92 Å². The van der Waals surface area contributed by atoms with Crippen LogP contribution in [-0.2, 0) is 40.3 Å². The molecule has 0 radical (unpaired) electrons. The van der Waals surface area contributed by atoms with Crippen LogP contribution in [0.2, 0.25) is 10.0 Å². The third-order valence-corrected chi connectivity index (χ3v) is 11.1. The average molecular weight is 854 g/mol. The monoisotopic (exact) mass is 852 g/mol. The van der Waals surface area contributed by atoms with Crippen LogP contribution < -0.4 is 21.7 Å². The van der Waals surface area contributed by atoms with Crippen molar-refractivity contribution in [3.63, 3.8) is 0 Å². The summed E-state index contributed by atoms with van der Waals surface area (Å²) in [6.45, 7) is 2.52. The third-order valence-electron chi connectivity index (χ3n) is 10.3. The van der Waals surface area contributed by atoms with E-state index in [2.05, 4.69) is 36.0 Å². The summed E-state index contributed by atoms with van der Waals surface area (Å²) in [5, 5.41) is 33.4. The average Bonchev–Trinajstić information content (AvgIpc) is 3.88. The number of amides is 4. The van der Waals surface area contributed by atoms with Crippen LogP contribution in [0.3, 0.4) is 0 Å². The van der Waals surface area contributed by atoms with Gasteiger partial charge in [-0.3, -0.25) is 28.8 Å². The maximum absolute atomic E-state index is 12.8. The minimum Gasteiger partial charge on any atom is -0.508 e. The second kappa shape index (κ2) is 18.2. The van der Waals surface area contributed by atoms with Crippen LogP contribution >= 0.6 is 23.2 Å². The van der Waals surface area contributed by atoms with Crippen LogP contribution in [0.25, 0.3) is 44.4 Å². The van der Waals surface area contributed by atoms with Gasteiger partial charge in [0.1, 0.15) is 30.4 Å². The number of aromatic nitrogens is 5. The first-order chi connectivity index (χ1) is 28.9. The first-order valence-corrected chi connectivity index (χ1v) is 20.0. The van der Waals surface area contributed by atoms with Gasteiger partial charge in [-0.1, -0.05) is 48.3 Å². The van der Waals surface area contributed by atoms with Gasteiger partial charge >= 0.3 is 0 Å². The van der Waals surface area contributed by atoms with Crippen molar-refractivity contribution < 1.29 is 29.4 Å². The highest BCUT2D eigenvalue weighted by atomic mass is 35.5. The van der Waals surface area contributed by atoms with Crippen molar-refractivity contribution in [2.24, 2.45) is 0 Å². The molecule has 1 aliphatic heterocycles. The fourth-order valence-corrected chi connectivity index (χ4v) is 7.74. The second-order valence-corrected chi connectivity index (χ2v) is 14.9. The lowest BCUT2D eigenvalue weighted by Crippen LogP contribution is -2.37. The summed E-state index contributed by atoms with van der Waals surface area (Å²) in [5.41, 5.74) is 14.2. The van der Waals surface area contributed by atoms with E-state index in [9.17, 15) is 29.4 Å². The zero-order valence-corrected chi connectivity index (χ0v) is 34.0. The number of aromatic amines is 1. The Hall–Kier alpha value is -6.49. The molecule has 0 saturated heterocycles. The zero-order valence-electron chi connectivity index (χ0n) is 32.5. The molecule has 0 aliphatic carbocycles. The van der Waals surface area contributed by atoms with Gasteiger partial charge in [0.25, 0.3) is 5.91 Å². The largest absolute Gasteiger partial charge is 0.508 e. The van der Waals surface area contributed by atoms with E-state index in [4.69, 9.17) is 28.9 Å². The topological polar surface area (TPSA) is 233 Å². The van der Waals surface area contributed by atoms with E-state index in [0.29, 0.717) is 52.0 Å². The molecule has 5 heterocycles. The molecule has 0 saturated carbocycles. The molecule has 0 atom stereocenters. The van der Waals surface area contributed by atoms with Crippen LogP contribution in [0.4, 0.5) is 5.82 Å². The van der Waals surface area contributed by atoms with Crippen LogP contribution in [0, 0.1) is 0 Å². The molecule has 6 aromatic rings. The van der Waals surface area contributed by atoms with Crippen molar-refractivity contribution in [3.8, 4) is 39.3 Å². The molecule has 0 unspecified atom stereocenters. The van der Waals surface area contributed by atoms with Crippen molar-refractivity contribution >= 4 is 63.6 Å². The quantitative estimate of drug-likeness (QED) is 0.0771. The number of pyridine rings is 2. The minimum atomic E-state index is -0.580. The summed E-state index contributed by atoms with van der Waals surface area (Å²) in [7, 11) is 0. The number of H-pyrrole nitrogens is 1. The molecule has 0 fully saturated rings. The van der Waals surface area contributed by atoms with Gasteiger partial charge in [-0.05, 0) is 47.9 Å². The highest BCUT2D eigenvalue weighted by molar-refractivity contribution is 6.45. The number of nitrogens with zero attached hydrogens (tertiary/aromatic N) is 5. The number of carbonyl (C=O) groups excluding carboxylic acids is 4. The summed E-state index contributed by atoms with van der Waals surface area (Å²) in [6, 6.07) is 13.6. The lowest BCUT2D eigenvalue weighted by molar-refractivity contribution is -0.135. The van der Waals surface area contributed by atoms with E-state index >= 15 is 0 Å². The summed E-state index contributed by atoms with van der Waals surface area (Å²) >= 11 is 13.1. The lowest BCUT2D eigenvalue weighted by atomic mass is 9.92. The van der Waals surface area contributed by atoms with Crippen LogP contribution in [0.1, 0.15) is 40.7 Å². The van der Waals surface area contributed by atoms with E-state index in [1.54, 1.807) is 72.0 Å². The highest BCUT2D eigenvalue weighted by Crippen LogP contribution is 2.42. The van der Waals surface area contributed by atoms with E-state index in [0.717, 1.165) is 44.5 Å². The van der Waals surface area contributed by atoms with Crippen molar-refractivity contribution in [1.29, 1.82) is 0 Å². The van der Waals surface area contributed by atoms with Crippen LogP contribution in [-0.4, -0.2) is 96.3 Å². The summed E-state index contributed by atoms with van der Waals surface area (Å²) in [5.74, 6) is -0.909. The summed E-state index contributed by atoms with van der Waals surface area (Å²) in [6.07, 6.45) is 6.17. The number of phenols is 1. The van der Waals surface area contributed by atoms with Crippen LogP contribution in [0.15, 0.2) is 67.1 Å². The Morgan fingerprint density at radius 2 is 1.67 bits per heavy atom. The summed E-state index contributed by atoms with van der Waals surface area (Å²) in [4.78, 5) is 64.0. The Kier molecular flexibility index (Phi) is 12.6. The molecule has 0 spiro atoms. The van der Waals surface area contributed by atoms with Crippen molar-refractivity contribution in [3.05, 3.63) is 99.7 Å². The number of rotatable bonds is 14. The number of aromatic hydroxyl groups is 1. The molecule has 1 aliphatic rings. The molecule has 2 aromatic carbocycles. The Balaban J connectivity index is 0.867. The fourth-order valence-electron chi connectivity index (χ4n) is 7.34. The van der Waals surface area contributed by atoms with Gasteiger partial charge in [0.2, 0.25) is 17.7 Å². The van der Waals surface area contributed by atoms with E-state index in [-0.39, 0.29) is 68.3 Å². The van der Waals surface area contributed by atoms with Gasteiger partial charge < -0.3 is 41.8 Å². The van der Waals surface area contributed by atoms with Gasteiger partial charge in [-0.2, -0.15) is 5.10 Å². The molecular formula is C42H42Cl2N10O6. The standard InChI is InChI=1S/C42H42Cl2N10O6/c1-2-26-28(19-50-41(45)37(26)23-3-6-25(56)7-4-23)24-5-8-33(49-18-24)42(60)48-12-9-34(57)46-13-14-47-35(58)21-54-16-11-32(52-54)27-17-30(43)39(44)40-38(27)29-20-53(36(59)22-55)15-10-31(29)51-40/h3-8,11,16-19,51,55-56H,2,9-10,12-15,20-22H2,1H3,(H2,45,50)(H,46,57)(H,47,58)(H,48,60). The predicted octanol–water partition coefficient (Wildman–Crippen LogP) is 4.24. The highest BCUT2D eigenvalue weighted by Gasteiger charge is 2.27. The number of anilines is 1. The number of halogens is 2. The Labute approximate surface area is 354 Å². The van der Waals surface area contributed by atoms with Crippen molar-refractivity contribution in [2.75, 3.05) is 38.5 Å². The molecule has 4 amide bonds. The van der Waals surface area contributed by atoms with Crippen LogP contribution in [0.5, 0.6) is 5.75 Å². The van der Waals surface area contributed by atoms with Crippen molar-refractivity contribution in [1.82, 2.24) is 45.6 Å². The minimum absolute atomic E-state index is 0.0208. The molecule has 0 bridgehead atoms. The Bertz CT molecular complexity index is 2590. The number of aliphatic hydroxyl groups excluding tert-OH is 1. The number of carbonyl (C=O) groups is 4. The van der Waals surface area contributed by atoms with E-state index in [1.165, 1.54) is 4.68 Å². The molecule has 60 heavy (non-hydrogen) atoms. The van der Waals surface area contributed by atoms with Gasteiger partial charge in [-0.15, -0.1) is 0 Å². The number of nitrogens with two attached hydrogens (primary N) is 1. The fraction of sp³-hybridized carbons (Fsp3) is 0.262. The Morgan fingerprint density at radius 3 is 2.38 bits per heavy atom. The first kappa shape index (κ1) is 41.7. The first-order valence-electron chi connectivity index (χ1n) is 19.2. The molecule has 8 N–H and O–H groups in total. The molecule has 16 nitrogen and oxygen atoms in total. The number of hydrogen-bond acceptors (Lipinski definition) is 10. The number of nitrogens with one attached hydrogen (secondary N) is 4. The number of nitrogen functional groups attached to an aromatic ring is 1. The molecular weight excluding hydrogens is 811 g/mol. The smallest absolute Gasteiger partial charge is 0.269 e. The SMILES string of the molecule is CCc1c(-c2ccc(C(=O)NCCC(=O)NCCNC(=O)Cn3ccc(-c4cc(Cl)c(Cl)c5[nH]c6c(c45)CN(C(=O)CO)CC6)n3)nc2)cnc(N)c1-c1ccc(O)cc1. The normalized spacial score (nSPS) is 12.3. The zero-order chi connectivity index (χ0) is 42.5. The lowest BCUT2D eigenvalue weighted by Gasteiger charge is -2.26. The van der Waals surface area contributed by atoms with Gasteiger partial charge in [-0.25, -0.2) is 4.98 Å². The van der Waals surface area contributed by atoms with Gasteiger partial charge in [0.15, 0.2) is 0 Å². The molecule has 4 aromatic heterocycles. The predicted molar refractivity (Wildman–Crippen MR) is 227 cm³/mol. The van der Waals surface area contributed by atoms with E-state index < -0.39 is 12.5 Å². The number of phenolic OH excluding ortho intramolecular Hbond substituents is 1. The van der Waals surface area contributed by atoms with Gasteiger partial charge in [0.05, 0.1) is 21.3 Å². The number of aliphatic hydroxyl groups is 1. The molecule has 18 heteroatoms. The third kappa shape index (κ3) is 8.90. The second-order valence-electron chi connectivity index (χ2n) is 14.1. The Morgan fingerprint density at radius 1 is 0.917 bits per heavy atom. The maximum atomic E-state index is 12.8. The number of hydrogen-bond donors (Lipinski definition) is 7. The van der Waals surface area contributed by atoms with Crippen molar-refractivity contribution in [2.45, 2.75) is 39.3 Å². The number of benzene rings is 2.